The van der Waals surface area contributed by atoms with Crippen LogP contribution in [0.2, 0.25) is 0 Å². The molecule has 1 fully saturated rings. The van der Waals surface area contributed by atoms with Gasteiger partial charge < -0.3 is 10.1 Å². The van der Waals surface area contributed by atoms with Crippen LogP contribution in [0.5, 0.6) is 0 Å². The molecule has 1 aliphatic rings. The summed E-state index contributed by atoms with van der Waals surface area (Å²) in [5.74, 6) is -0.678. The molecule has 1 saturated heterocycles. The maximum Gasteiger partial charge on any atom is 0.307 e. The van der Waals surface area contributed by atoms with Crippen molar-refractivity contribution in [1.29, 1.82) is 0 Å². The average molecular weight is 308 g/mol. The molecule has 9 heteroatoms. The van der Waals surface area contributed by atoms with Crippen molar-refractivity contribution in [3.8, 4) is 0 Å². The van der Waals surface area contributed by atoms with Crippen molar-refractivity contribution in [3.05, 3.63) is 30.1 Å². The van der Waals surface area contributed by atoms with E-state index in [-0.39, 0.29) is 17.5 Å². The minimum Gasteiger partial charge on any atom is -0.469 e. The zero-order valence-corrected chi connectivity index (χ0v) is 11.8. The van der Waals surface area contributed by atoms with E-state index in [0.717, 1.165) is 11.8 Å². The fraction of sp³-hybridized carbons (Fsp3) is 0.250. The molecule has 8 nitrogen and oxygen atoms in total. The number of pyridine rings is 1. The molecule has 1 aromatic heterocycles. The van der Waals surface area contributed by atoms with Crippen molar-refractivity contribution in [2.24, 2.45) is 5.10 Å². The van der Waals surface area contributed by atoms with Crippen LogP contribution in [0.1, 0.15) is 16.8 Å². The third kappa shape index (κ3) is 4.02. The molecule has 0 aliphatic carbocycles. The third-order valence-electron chi connectivity index (χ3n) is 2.58. The normalized spacial score (nSPS) is 19.2. The van der Waals surface area contributed by atoms with Crippen LogP contribution in [-0.4, -0.2) is 40.3 Å². The molecule has 1 unspecified atom stereocenters. The lowest BCUT2D eigenvalue weighted by molar-refractivity contribution is -0.140. The smallest absolute Gasteiger partial charge is 0.307 e. The standard InChI is InChI=1S/C12H12N4O4S/c1-20-9(17)6-8-10(14-12(19)21-8)15-16-11(18)7-2-4-13-5-3-7/h2-5,8H,6H2,1H3,(H,16,18)(H,14,15,19). The van der Waals surface area contributed by atoms with Crippen molar-refractivity contribution in [2.75, 3.05) is 7.11 Å². The zero-order valence-electron chi connectivity index (χ0n) is 11.0. The number of amides is 2. The molecule has 1 aromatic rings. The average Bonchev–Trinajstić information content (AvgIpc) is 2.85. The molecule has 1 aliphatic heterocycles. The third-order valence-corrected chi connectivity index (χ3v) is 3.58. The lowest BCUT2D eigenvalue weighted by Gasteiger charge is -2.07. The number of thioether (sulfide) groups is 1. The van der Waals surface area contributed by atoms with Gasteiger partial charge in [-0.2, -0.15) is 5.10 Å². The Morgan fingerprint density at radius 3 is 2.86 bits per heavy atom. The molecule has 0 saturated carbocycles. The highest BCUT2D eigenvalue weighted by atomic mass is 32.2. The number of hydrogen-bond donors (Lipinski definition) is 2. The van der Waals surface area contributed by atoms with E-state index in [4.69, 9.17) is 0 Å². The summed E-state index contributed by atoms with van der Waals surface area (Å²) in [6.07, 6.45) is 2.95. The van der Waals surface area contributed by atoms with Crippen LogP contribution in [-0.2, 0) is 9.53 Å². The van der Waals surface area contributed by atoms with Crippen molar-refractivity contribution in [3.63, 3.8) is 0 Å². The van der Waals surface area contributed by atoms with Crippen LogP contribution in [0.4, 0.5) is 4.79 Å². The minimum atomic E-state index is -0.498. The van der Waals surface area contributed by atoms with E-state index >= 15 is 0 Å². The summed E-state index contributed by atoms with van der Waals surface area (Å²) in [6, 6.07) is 3.06. The van der Waals surface area contributed by atoms with E-state index in [1.165, 1.54) is 31.6 Å². The first-order valence-corrected chi connectivity index (χ1v) is 6.80. The molecule has 0 aromatic carbocycles. The molecule has 1 atom stereocenters. The SMILES string of the molecule is COC(=O)CC1SC(=O)N/C1=N/NC(=O)c1ccncc1. The number of esters is 1. The second kappa shape index (κ2) is 6.84. The second-order valence-corrected chi connectivity index (χ2v) is 5.15. The molecule has 21 heavy (non-hydrogen) atoms. The Morgan fingerprint density at radius 2 is 2.19 bits per heavy atom. The molecule has 0 radical (unpaired) electrons. The van der Waals surface area contributed by atoms with E-state index < -0.39 is 17.1 Å². The first-order chi connectivity index (χ1) is 10.1. The van der Waals surface area contributed by atoms with Gasteiger partial charge in [-0.15, -0.1) is 0 Å². The van der Waals surface area contributed by atoms with Crippen LogP contribution in [0.25, 0.3) is 0 Å². The van der Waals surface area contributed by atoms with Crippen LogP contribution < -0.4 is 10.7 Å². The van der Waals surface area contributed by atoms with Gasteiger partial charge in [0.05, 0.1) is 18.8 Å². The number of hydrazone groups is 1. The Morgan fingerprint density at radius 1 is 1.48 bits per heavy atom. The number of amidine groups is 1. The van der Waals surface area contributed by atoms with Crippen molar-refractivity contribution < 1.29 is 19.1 Å². The number of ether oxygens (including phenoxy) is 1. The van der Waals surface area contributed by atoms with Gasteiger partial charge in [0.15, 0.2) is 0 Å². The molecular formula is C12H12N4O4S. The largest absolute Gasteiger partial charge is 0.469 e. The molecule has 0 bridgehead atoms. The van der Waals surface area contributed by atoms with Gasteiger partial charge in [0.1, 0.15) is 5.84 Å². The number of nitrogens with zero attached hydrogens (tertiary/aromatic N) is 2. The zero-order chi connectivity index (χ0) is 15.2. The molecule has 2 heterocycles. The predicted molar refractivity (Wildman–Crippen MR) is 75.7 cm³/mol. The maximum atomic E-state index is 11.8. The van der Waals surface area contributed by atoms with Crippen LogP contribution in [0.15, 0.2) is 29.6 Å². The maximum absolute atomic E-state index is 11.8. The van der Waals surface area contributed by atoms with Crippen LogP contribution in [0, 0.1) is 0 Å². The second-order valence-electron chi connectivity index (χ2n) is 3.97. The lowest BCUT2D eigenvalue weighted by atomic mass is 10.2. The molecule has 0 spiro atoms. The van der Waals surface area contributed by atoms with Gasteiger partial charge >= 0.3 is 5.97 Å². The highest BCUT2D eigenvalue weighted by Gasteiger charge is 2.32. The highest BCUT2D eigenvalue weighted by molar-refractivity contribution is 8.15. The molecule has 110 valence electrons. The van der Waals surface area contributed by atoms with Gasteiger partial charge in [-0.3, -0.25) is 19.4 Å². The Bertz CT molecular complexity index is 590. The van der Waals surface area contributed by atoms with E-state index in [2.05, 4.69) is 25.6 Å². The summed E-state index contributed by atoms with van der Waals surface area (Å²) in [5.41, 5.74) is 2.71. The van der Waals surface area contributed by atoms with Gasteiger partial charge in [0, 0.05) is 18.0 Å². The summed E-state index contributed by atoms with van der Waals surface area (Å²) in [4.78, 5) is 38.2. The van der Waals surface area contributed by atoms with Gasteiger partial charge in [0.2, 0.25) is 0 Å². The Labute approximate surface area is 124 Å². The molecule has 2 N–H and O–H groups in total. The Hall–Kier alpha value is -2.42. The van der Waals surface area contributed by atoms with E-state index in [1.54, 1.807) is 0 Å². The number of hydrogen-bond acceptors (Lipinski definition) is 7. The van der Waals surface area contributed by atoms with Crippen LogP contribution in [0.3, 0.4) is 0 Å². The summed E-state index contributed by atoms with van der Waals surface area (Å²) in [6.45, 7) is 0. The number of carbonyl (C=O) groups is 3. The van der Waals surface area contributed by atoms with Gasteiger partial charge in [-0.25, -0.2) is 5.43 Å². The fourth-order valence-corrected chi connectivity index (χ4v) is 2.42. The molecule has 2 rings (SSSR count). The molecule has 2 amide bonds. The van der Waals surface area contributed by atoms with Crippen molar-refractivity contribution in [2.45, 2.75) is 11.7 Å². The fourth-order valence-electron chi connectivity index (χ4n) is 1.55. The minimum absolute atomic E-state index is 0.0101. The lowest BCUT2D eigenvalue weighted by Crippen LogP contribution is -2.31. The van der Waals surface area contributed by atoms with Gasteiger partial charge in [-0.05, 0) is 12.1 Å². The highest BCUT2D eigenvalue weighted by Crippen LogP contribution is 2.23. The Kier molecular flexibility index (Phi) is 4.88. The quantitative estimate of drug-likeness (QED) is 0.619. The summed E-state index contributed by atoms with van der Waals surface area (Å²) in [7, 11) is 1.26. The number of methoxy groups -OCH3 is 1. The number of rotatable bonds is 4. The van der Waals surface area contributed by atoms with Crippen molar-refractivity contribution in [1.82, 2.24) is 15.7 Å². The monoisotopic (exact) mass is 308 g/mol. The summed E-state index contributed by atoms with van der Waals surface area (Å²) >= 11 is 0.922. The number of carbonyl (C=O) groups excluding carboxylic acids is 3. The topological polar surface area (TPSA) is 110 Å². The molecular weight excluding hydrogens is 296 g/mol. The Balaban J connectivity index is 2.03. The van der Waals surface area contributed by atoms with Crippen molar-refractivity contribution >= 4 is 34.7 Å². The van der Waals surface area contributed by atoms with Gasteiger partial charge in [-0.1, -0.05) is 11.8 Å². The van der Waals surface area contributed by atoms with E-state index in [9.17, 15) is 14.4 Å². The van der Waals surface area contributed by atoms with Crippen LogP contribution >= 0.6 is 11.8 Å². The first kappa shape index (κ1) is 15.0. The van der Waals surface area contributed by atoms with E-state index in [0.29, 0.717) is 5.56 Å². The summed E-state index contributed by atoms with van der Waals surface area (Å²) < 4.78 is 4.55. The number of aromatic nitrogens is 1. The number of nitrogens with one attached hydrogen (secondary N) is 2. The van der Waals surface area contributed by atoms with Gasteiger partial charge in [0.25, 0.3) is 11.1 Å². The summed E-state index contributed by atoms with van der Waals surface area (Å²) in [5, 5.41) is 5.50. The van der Waals surface area contributed by atoms with E-state index in [1.807, 2.05) is 0 Å². The first-order valence-electron chi connectivity index (χ1n) is 5.92. The predicted octanol–water partition coefficient (Wildman–Crippen LogP) is 0.513.